The van der Waals surface area contributed by atoms with Crippen LogP contribution in [-0.2, 0) is 16.1 Å². The molecule has 39 heavy (non-hydrogen) atoms. The summed E-state index contributed by atoms with van der Waals surface area (Å²) in [5.41, 5.74) is 6.79. The first-order valence-electron chi connectivity index (χ1n) is 13.0. The lowest BCUT2D eigenvalue weighted by molar-refractivity contribution is -0.140. The maximum Gasteiger partial charge on any atom is 0.341 e. The van der Waals surface area contributed by atoms with Gasteiger partial charge in [-0.25, -0.2) is 15.3 Å². The number of amides is 4. The molecule has 0 radical (unpaired) electrons. The van der Waals surface area contributed by atoms with Crippen LogP contribution in [0.25, 0.3) is 6.08 Å². The average molecular weight is 529 g/mol. The van der Waals surface area contributed by atoms with E-state index in [0.29, 0.717) is 12.1 Å². The molecule has 0 aliphatic rings. The van der Waals surface area contributed by atoms with Crippen LogP contribution < -0.4 is 21.2 Å². The molecule has 0 heterocycles. The number of urea groups is 1. The van der Waals surface area contributed by atoms with Crippen molar-refractivity contribution < 1.29 is 19.6 Å². The molecular formula is C31H36N4O4. The largest absolute Gasteiger partial charge is 0.341 e. The second-order valence-electron chi connectivity index (χ2n) is 9.66. The topological polar surface area (TPSA) is 111 Å². The van der Waals surface area contributed by atoms with Gasteiger partial charge in [0.1, 0.15) is 0 Å². The number of para-hydroxylation sites is 1. The molecule has 0 saturated carbocycles. The van der Waals surface area contributed by atoms with Gasteiger partial charge < -0.3 is 5.32 Å². The summed E-state index contributed by atoms with van der Waals surface area (Å²) in [6.07, 6.45) is 4.28. The van der Waals surface area contributed by atoms with Gasteiger partial charge in [-0.05, 0) is 42.0 Å². The quantitative estimate of drug-likeness (QED) is 0.199. The van der Waals surface area contributed by atoms with E-state index < -0.39 is 29.7 Å². The molecule has 0 fully saturated rings. The van der Waals surface area contributed by atoms with Crippen LogP contribution in [0.1, 0.15) is 37.8 Å². The summed E-state index contributed by atoms with van der Waals surface area (Å²) in [7, 11) is 0. The van der Waals surface area contributed by atoms with Gasteiger partial charge in [-0.15, -0.1) is 0 Å². The van der Waals surface area contributed by atoms with E-state index in [0.717, 1.165) is 16.1 Å². The highest BCUT2D eigenvalue weighted by molar-refractivity contribution is 5.96. The molecule has 3 aromatic rings. The highest BCUT2D eigenvalue weighted by Crippen LogP contribution is 2.26. The Bertz CT molecular complexity index is 1220. The number of hydrogen-bond donors (Lipinski definition) is 4. The van der Waals surface area contributed by atoms with Crippen LogP contribution in [0.4, 0.5) is 10.5 Å². The monoisotopic (exact) mass is 528 g/mol. The van der Waals surface area contributed by atoms with Crippen LogP contribution >= 0.6 is 0 Å². The van der Waals surface area contributed by atoms with E-state index in [9.17, 15) is 19.6 Å². The number of carbonyl (C=O) groups is 3. The number of hydrogen-bond acceptors (Lipinski definition) is 4. The molecule has 8 nitrogen and oxygen atoms in total. The van der Waals surface area contributed by atoms with Gasteiger partial charge in [-0.1, -0.05) is 105 Å². The lowest BCUT2D eigenvalue weighted by Crippen LogP contribution is -2.54. The molecule has 3 aromatic carbocycles. The van der Waals surface area contributed by atoms with Crippen molar-refractivity contribution in [1.82, 2.24) is 16.2 Å². The Hall–Kier alpha value is -4.43. The summed E-state index contributed by atoms with van der Waals surface area (Å²) in [6, 6.07) is 27.3. The Morgan fingerprint density at radius 3 is 2.00 bits per heavy atom. The van der Waals surface area contributed by atoms with Gasteiger partial charge in [0.25, 0.3) is 0 Å². The summed E-state index contributed by atoms with van der Waals surface area (Å²) in [5, 5.41) is 13.5. The Morgan fingerprint density at radius 2 is 1.41 bits per heavy atom. The van der Waals surface area contributed by atoms with Crippen molar-refractivity contribution in [1.29, 1.82) is 0 Å². The number of nitrogens with zero attached hydrogens (tertiary/aromatic N) is 1. The Labute approximate surface area is 229 Å². The molecule has 0 aliphatic heterocycles. The number of nitrogens with one attached hydrogen (secondary N) is 3. The fourth-order valence-corrected chi connectivity index (χ4v) is 4.27. The van der Waals surface area contributed by atoms with Crippen molar-refractivity contribution in [3.63, 3.8) is 0 Å². The summed E-state index contributed by atoms with van der Waals surface area (Å²) >= 11 is 0. The van der Waals surface area contributed by atoms with E-state index in [1.165, 1.54) is 0 Å². The molecule has 4 amide bonds. The summed E-state index contributed by atoms with van der Waals surface area (Å²) in [5.74, 6) is -2.75. The van der Waals surface area contributed by atoms with Crippen molar-refractivity contribution in [2.24, 2.45) is 17.8 Å². The predicted molar refractivity (Wildman–Crippen MR) is 152 cm³/mol. The normalized spacial score (nSPS) is 12.5. The minimum atomic E-state index is -0.859. The second-order valence-corrected chi connectivity index (χ2v) is 9.66. The molecule has 4 N–H and O–H groups in total. The smallest absolute Gasteiger partial charge is 0.332 e. The van der Waals surface area contributed by atoms with Gasteiger partial charge in [-0.3, -0.25) is 20.2 Å². The van der Waals surface area contributed by atoms with Crippen molar-refractivity contribution in [2.75, 3.05) is 5.01 Å². The molecular weight excluding hydrogens is 492 g/mol. The molecule has 0 saturated heterocycles. The highest BCUT2D eigenvalue weighted by atomic mass is 16.5. The number of anilines is 1. The van der Waals surface area contributed by atoms with Gasteiger partial charge in [0.05, 0.1) is 17.5 Å². The first-order valence-corrected chi connectivity index (χ1v) is 13.0. The molecule has 0 aromatic heterocycles. The SMILES string of the molecule is CC(C)C[C@@H](C(=O)NN(C(=O)NCc1ccccc1)c1ccccc1)[C@H](C/C=C/c1ccccc1)C(=O)NO. The zero-order valence-corrected chi connectivity index (χ0v) is 22.3. The number of benzene rings is 3. The van der Waals surface area contributed by atoms with Crippen LogP contribution in [0.5, 0.6) is 0 Å². The van der Waals surface area contributed by atoms with Crippen LogP contribution in [0, 0.1) is 17.8 Å². The molecule has 204 valence electrons. The maximum absolute atomic E-state index is 13.7. The van der Waals surface area contributed by atoms with E-state index >= 15 is 0 Å². The molecule has 0 bridgehead atoms. The highest BCUT2D eigenvalue weighted by Gasteiger charge is 2.35. The van der Waals surface area contributed by atoms with Crippen LogP contribution in [0.2, 0.25) is 0 Å². The minimum Gasteiger partial charge on any atom is -0.332 e. The van der Waals surface area contributed by atoms with Gasteiger partial charge in [0.2, 0.25) is 11.8 Å². The molecule has 8 heteroatoms. The van der Waals surface area contributed by atoms with Gasteiger partial charge >= 0.3 is 6.03 Å². The third-order valence-corrected chi connectivity index (χ3v) is 6.22. The second kappa shape index (κ2) is 15.1. The van der Waals surface area contributed by atoms with Gasteiger partial charge in [0, 0.05) is 6.54 Å². The Morgan fingerprint density at radius 1 is 0.821 bits per heavy atom. The van der Waals surface area contributed by atoms with E-state index in [1.54, 1.807) is 29.7 Å². The Balaban J connectivity index is 1.83. The lowest BCUT2D eigenvalue weighted by atomic mass is 9.82. The van der Waals surface area contributed by atoms with Crippen LogP contribution in [-0.4, -0.2) is 23.1 Å². The Kier molecular flexibility index (Phi) is 11.3. The molecule has 0 unspecified atom stereocenters. The van der Waals surface area contributed by atoms with Crippen molar-refractivity contribution >= 4 is 29.6 Å². The van der Waals surface area contributed by atoms with Crippen molar-refractivity contribution in [3.8, 4) is 0 Å². The van der Waals surface area contributed by atoms with Crippen LogP contribution in [0.3, 0.4) is 0 Å². The summed E-state index contributed by atoms with van der Waals surface area (Å²) in [4.78, 5) is 39.7. The first kappa shape index (κ1) is 29.1. The molecule has 0 aliphatic carbocycles. The first-order chi connectivity index (χ1) is 18.9. The maximum atomic E-state index is 13.7. The fraction of sp³-hybridized carbons (Fsp3) is 0.258. The summed E-state index contributed by atoms with van der Waals surface area (Å²) in [6.45, 7) is 4.18. The van der Waals surface area contributed by atoms with E-state index in [1.807, 2.05) is 92.7 Å². The van der Waals surface area contributed by atoms with Crippen molar-refractivity contribution in [2.45, 2.75) is 33.2 Å². The zero-order valence-electron chi connectivity index (χ0n) is 22.3. The van der Waals surface area contributed by atoms with Crippen LogP contribution in [0.15, 0.2) is 97.1 Å². The van der Waals surface area contributed by atoms with E-state index in [-0.39, 0.29) is 18.9 Å². The third-order valence-electron chi connectivity index (χ3n) is 6.22. The van der Waals surface area contributed by atoms with Gasteiger partial charge in [0.15, 0.2) is 0 Å². The third kappa shape index (κ3) is 9.12. The molecule has 0 spiro atoms. The minimum absolute atomic E-state index is 0.0740. The molecule has 3 rings (SSSR count). The number of hydrazine groups is 1. The fourth-order valence-electron chi connectivity index (χ4n) is 4.27. The zero-order chi connectivity index (χ0) is 28.0. The number of hydroxylamine groups is 1. The number of allylic oxidation sites excluding steroid dienone is 1. The van der Waals surface area contributed by atoms with Crippen molar-refractivity contribution in [3.05, 3.63) is 108 Å². The number of rotatable bonds is 11. The van der Waals surface area contributed by atoms with Gasteiger partial charge in [-0.2, -0.15) is 0 Å². The average Bonchev–Trinajstić information content (AvgIpc) is 2.96. The van der Waals surface area contributed by atoms with E-state index in [4.69, 9.17) is 0 Å². The lowest BCUT2D eigenvalue weighted by Gasteiger charge is -2.30. The number of carbonyl (C=O) groups excluding carboxylic acids is 3. The predicted octanol–water partition coefficient (Wildman–Crippen LogP) is 5.32. The molecule has 2 atom stereocenters. The summed E-state index contributed by atoms with van der Waals surface area (Å²) < 4.78 is 0. The standard InChI is InChI=1S/C31H36N4O4/c1-23(2)21-28(27(30(37)34-39)20-12-17-24-13-6-3-7-14-24)29(36)33-35(26-18-10-5-11-19-26)31(38)32-22-25-15-8-4-9-16-25/h3-19,23,27-28,39H,20-22H2,1-2H3,(H,32,38)(H,33,36)(H,34,37)/b17-12+/t27-,28+/m0/s1. The van der Waals surface area contributed by atoms with E-state index in [2.05, 4.69) is 10.7 Å².